The Kier molecular flexibility index (Phi) is 6.06. The van der Waals surface area contributed by atoms with Gasteiger partial charge in [-0.1, -0.05) is 24.3 Å². The number of benzene rings is 1. The van der Waals surface area contributed by atoms with Crippen molar-refractivity contribution in [3.05, 3.63) is 35.4 Å². The maximum absolute atomic E-state index is 12.6. The molecule has 2 unspecified atom stereocenters. The van der Waals surface area contributed by atoms with Crippen LogP contribution in [0, 0.1) is 0 Å². The first-order valence-electron chi connectivity index (χ1n) is 10.8. The molecule has 158 valence electrons. The summed E-state index contributed by atoms with van der Waals surface area (Å²) in [6, 6.07) is 8.11. The fourth-order valence-electron chi connectivity index (χ4n) is 4.58. The number of nitrogens with zero attached hydrogens (tertiary/aromatic N) is 3. The summed E-state index contributed by atoms with van der Waals surface area (Å²) in [7, 11) is 0. The molecule has 1 aromatic rings. The molecule has 7 heteroatoms. The number of piperazine rings is 1. The number of amides is 1. The van der Waals surface area contributed by atoms with Gasteiger partial charge in [-0.05, 0) is 43.7 Å². The normalized spacial score (nSPS) is 27.2. The van der Waals surface area contributed by atoms with E-state index in [9.17, 15) is 9.90 Å². The predicted octanol–water partition coefficient (Wildman–Crippen LogP) is 1.11. The average molecular weight is 401 g/mol. The third kappa shape index (κ3) is 4.26. The van der Waals surface area contributed by atoms with Gasteiger partial charge in [0, 0.05) is 39.3 Å². The van der Waals surface area contributed by atoms with Gasteiger partial charge in [0.25, 0.3) is 5.91 Å². The summed E-state index contributed by atoms with van der Waals surface area (Å²) in [4.78, 5) is 21.5. The number of guanidine groups is 1. The highest BCUT2D eigenvalue weighted by molar-refractivity contribution is 5.83. The highest BCUT2D eigenvalue weighted by Crippen LogP contribution is 2.36. The lowest BCUT2D eigenvalue weighted by Gasteiger charge is -2.37. The van der Waals surface area contributed by atoms with E-state index in [0.29, 0.717) is 32.7 Å². The first kappa shape index (κ1) is 20.2. The molecule has 2 fully saturated rings. The third-order valence-electron chi connectivity index (χ3n) is 6.25. The van der Waals surface area contributed by atoms with Gasteiger partial charge >= 0.3 is 0 Å². The van der Waals surface area contributed by atoms with Crippen LogP contribution in [0.2, 0.25) is 0 Å². The quantitative estimate of drug-likeness (QED) is 0.585. The van der Waals surface area contributed by atoms with E-state index >= 15 is 0 Å². The monoisotopic (exact) mass is 400 g/mol. The number of hydrogen-bond acceptors (Lipinski definition) is 4. The smallest absolute Gasteiger partial charge is 0.251 e. The van der Waals surface area contributed by atoms with Crippen molar-refractivity contribution in [2.75, 3.05) is 45.9 Å². The molecule has 0 radical (unpaired) electrons. The fourth-order valence-corrected chi connectivity index (χ4v) is 4.58. The number of fused-ring (bicyclic) bond motifs is 1. The Morgan fingerprint density at radius 3 is 2.76 bits per heavy atom. The van der Waals surface area contributed by atoms with E-state index in [-0.39, 0.29) is 12.0 Å². The number of rotatable bonds is 4. The van der Waals surface area contributed by atoms with Gasteiger partial charge in [-0.3, -0.25) is 4.79 Å². The molecule has 29 heavy (non-hydrogen) atoms. The molecule has 2 atom stereocenters. The first-order chi connectivity index (χ1) is 14.1. The second kappa shape index (κ2) is 8.71. The van der Waals surface area contributed by atoms with Crippen LogP contribution < -0.4 is 5.32 Å². The van der Waals surface area contributed by atoms with Gasteiger partial charge in [-0.2, -0.15) is 0 Å². The van der Waals surface area contributed by atoms with Gasteiger partial charge in [0.15, 0.2) is 5.96 Å². The molecule has 0 aromatic heterocycles. The van der Waals surface area contributed by atoms with Crippen molar-refractivity contribution in [2.24, 2.45) is 4.99 Å². The maximum atomic E-state index is 12.6. The van der Waals surface area contributed by atoms with E-state index < -0.39 is 5.60 Å². The Balaban J connectivity index is 1.39. The topological polar surface area (TPSA) is 77.4 Å². The van der Waals surface area contributed by atoms with Crippen LogP contribution in [-0.2, 0) is 21.6 Å². The Labute approximate surface area is 172 Å². The molecule has 0 spiro atoms. The SMILES string of the molecule is CCNC(=NCC1(O)CCc2ccccc21)N1CCN(C(=O)C2CCCO2)CC1. The Bertz CT molecular complexity index is 754. The molecule has 1 amide bonds. The number of aryl methyl sites for hydroxylation is 1. The zero-order valence-electron chi connectivity index (χ0n) is 17.3. The van der Waals surface area contributed by atoms with Gasteiger partial charge < -0.3 is 25.0 Å². The molecule has 7 nitrogen and oxygen atoms in total. The number of ether oxygens (including phenoxy) is 1. The van der Waals surface area contributed by atoms with Crippen LogP contribution in [0.4, 0.5) is 0 Å². The largest absolute Gasteiger partial charge is 0.383 e. The van der Waals surface area contributed by atoms with Gasteiger partial charge in [0.1, 0.15) is 11.7 Å². The van der Waals surface area contributed by atoms with E-state index in [0.717, 1.165) is 50.4 Å². The number of nitrogens with one attached hydrogen (secondary N) is 1. The zero-order valence-corrected chi connectivity index (χ0v) is 17.3. The molecular weight excluding hydrogens is 368 g/mol. The van der Waals surface area contributed by atoms with Crippen molar-refractivity contribution in [3.8, 4) is 0 Å². The molecule has 2 aliphatic heterocycles. The van der Waals surface area contributed by atoms with Gasteiger partial charge in [0.05, 0.1) is 6.54 Å². The van der Waals surface area contributed by atoms with Crippen molar-refractivity contribution >= 4 is 11.9 Å². The summed E-state index contributed by atoms with van der Waals surface area (Å²) in [5.74, 6) is 0.940. The molecule has 4 rings (SSSR count). The second-order valence-electron chi connectivity index (χ2n) is 8.17. The zero-order chi connectivity index (χ0) is 20.3. The van der Waals surface area contributed by atoms with E-state index in [1.807, 2.05) is 30.0 Å². The second-order valence-corrected chi connectivity index (χ2v) is 8.17. The highest BCUT2D eigenvalue weighted by Gasteiger charge is 2.37. The Morgan fingerprint density at radius 1 is 1.28 bits per heavy atom. The summed E-state index contributed by atoms with van der Waals surface area (Å²) in [5, 5.41) is 14.5. The lowest BCUT2D eigenvalue weighted by molar-refractivity contribution is -0.142. The Hall–Kier alpha value is -2.12. The summed E-state index contributed by atoms with van der Waals surface area (Å²) in [6.45, 7) is 6.68. The van der Waals surface area contributed by atoms with Crippen molar-refractivity contribution < 1.29 is 14.6 Å². The van der Waals surface area contributed by atoms with Crippen LogP contribution in [0.25, 0.3) is 0 Å². The molecule has 2 heterocycles. The lowest BCUT2D eigenvalue weighted by Crippen LogP contribution is -2.55. The van der Waals surface area contributed by atoms with E-state index in [2.05, 4.69) is 16.3 Å². The van der Waals surface area contributed by atoms with Crippen LogP contribution in [-0.4, -0.2) is 78.8 Å². The highest BCUT2D eigenvalue weighted by atomic mass is 16.5. The molecule has 2 saturated heterocycles. The van der Waals surface area contributed by atoms with E-state index in [4.69, 9.17) is 9.73 Å². The van der Waals surface area contributed by atoms with E-state index in [1.165, 1.54) is 5.56 Å². The molecule has 3 aliphatic rings. The maximum Gasteiger partial charge on any atom is 0.251 e. The molecule has 0 saturated carbocycles. The van der Waals surface area contributed by atoms with Gasteiger partial charge in [-0.25, -0.2) is 4.99 Å². The fraction of sp³-hybridized carbons (Fsp3) is 0.636. The molecule has 1 aliphatic carbocycles. The first-order valence-corrected chi connectivity index (χ1v) is 10.8. The van der Waals surface area contributed by atoms with Gasteiger partial charge in [-0.15, -0.1) is 0 Å². The van der Waals surface area contributed by atoms with Crippen LogP contribution in [0.15, 0.2) is 29.3 Å². The number of carbonyl (C=O) groups is 1. The predicted molar refractivity (Wildman–Crippen MR) is 112 cm³/mol. The van der Waals surface area contributed by atoms with Crippen LogP contribution >= 0.6 is 0 Å². The van der Waals surface area contributed by atoms with Crippen molar-refractivity contribution in [1.82, 2.24) is 15.1 Å². The van der Waals surface area contributed by atoms with Gasteiger partial charge in [0.2, 0.25) is 0 Å². The average Bonchev–Trinajstić information content (AvgIpc) is 3.40. The molecule has 2 N–H and O–H groups in total. The van der Waals surface area contributed by atoms with E-state index in [1.54, 1.807) is 0 Å². The third-order valence-corrected chi connectivity index (χ3v) is 6.25. The van der Waals surface area contributed by atoms with Crippen LogP contribution in [0.1, 0.15) is 37.3 Å². The summed E-state index contributed by atoms with van der Waals surface area (Å²) >= 11 is 0. The van der Waals surface area contributed by atoms with Crippen LogP contribution in [0.5, 0.6) is 0 Å². The summed E-state index contributed by atoms with van der Waals surface area (Å²) in [5.41, 5.74) is 1.33. The van der Waals surface area contributed by atoms with Crippen molar-refractivity contribution in [2.45, 2.75) is 44.3 Å². The summed E-state index contributed by atoms with van der Waals surface area (Å²) < 4.78 is 5.55. The minimum Gasteiger partial charge on any atom is -0.383 e. The molecule has 0 bridgehead atoms. The number of hydrogen-bond donors (Lipinski definition) is 2. The van der Waals surface area contributed by atoms with Crippen molar-refractivity contribution in [3.63, 3.8) is 0 Å². The molecular formula is C22H32N4O3. The molecule has 1 aromatic carbocycles. The number of aliphatic imine (C=N–C) groups is 1. The summed E-state index contributed by atoms with van der Waals surface area (Å²) in [6.07, 6.45) is 3.16. The minimum atomic E-state index is -0.894. The number of carbonyl (C=O) groups excluding carboxylic acids is 1. The Morgan fingerprint density at radius 2 is 2.03 bits per heavy atom. The standard InChI is InChI=1S/C22H32N4O3/c1-2-23-21(24-16-22(28)10-9-17-6-3-4-7-18(17)22)26-13-11-25(12-14-26)20(27)19-8-5-15-29-19/h3-4,6-7,19,28H,2,5,8-16H2,1H3,(H,23,24). The lowest BCUT2D eigenvalue weighted by atomic mass is 9.96. The van der Waals surface area contributed by atoms with Crippen molar-refractivity contribution in [1.29, 1.82) is 0 Å². The minimum absolute atomic E-state index is 0.126. The number of aliphatic hydroxyl groups is 1. The van der Waals surface area contributed by atoms with Crippen LogP contribution in [0.3, 0.4) is 0 Å².